The number of nitrogens with zero attached hydrogens (tertiary/aromatic N) is 1. The number of benzene rings is 2. The molecule has 4 nitrogen and oxygen atoms in total. The number of hydrogen-bond donors (Lipinski definition) is 2. The second-order valence-electron chi connectivity index (χ2n) is 6.22. The van der Waals surface area contributed by atoms with Crippen molar-refractivity contribution >= 4 is 17.3 Å². The molecule has 0 bridgehead atoms. The van der Waals surface area contributed by atoms with Gasteiger partial charge < -0.3 is 5.32 Å². The van der Waals surface area contributed by atoms with Gasteiger partial charge >= 0.3 is 0 Å². The summed E-state index contributed by atoms with van der Waals surface area (Å²) in [6.45, 7) is 3.72. The Kier molecular flexibility index (Phi) is 2.82. The predicted octanol–water partition coefficient (Wildman–Crippen LogP) is 2.99. The van der Waals surface area contributed by atoms with Gasteiger partial charge in [0.1, 0.15) is 5.82 Å². The summed E-state index contributed by atoms with van der Waals surface area (Å²) < 4.78 is 13.5. The van der Waals surface area contributed by atoms with Crippen molar-refractivity contribution in [3.8, 4) is 0 Å². The minimum Gasteiger partial charge on any atom is -0.323 e. The number of nitrogens with one attached hydrogen (secondary N) is 2. The lowest BCUT2D eigenvalue weighted by atomic mass is 9.85. The van der Waals surface area contributed by atoms with E-state index < -0.39 is 5.54 Å². The monoisotopic (exact) mass is 309 g/mol. The molecule has 23 heavy (non-hydrogen) atoms. The molecule has 2 aromatic carbocycles. The molecule has 1 spiro atoms. The molecular weight excluding hydrogens is 293 g/mol. The van der Waals surface area contributed by atoms with Crippen molar-refractivity contribution < 1.29 is 9.18 Å². The van der Waals surface area contributed by atoms with Gasteiger partial charge in [0.15, 0.2) is 5.54 Å². The van der Waals surface area contributed by atoms with Crippen LogP contribution in [0.2, 0.25) is 0 Å². The molecule has 4 rings (SSSR count). The molecule has 0 radical (unpaired) electrons. The molecule has 0 saturated carbocycles. The van der Waals surface area contributed by atoms with Crippen molar-refractivity contribution in [1.82, 2.24) is 5.43 Å². The van der Waals surface area contributed by atoms with Crippen molar-refractivity contribution in [2.75, 3.05) is 5.32 Å². The average Bonchev–Trinajstić information content (AvgIpc) is 3.08. The molecule has 1 amide bonds. The molecule has 2 N–H and O–H groups in total. The second-order valence-corrected chi connectivity index (χ2v) is 6.22. The number of rotatable bonds is 1. The van der Waals surface area contributed by atoms with Gasteiger partial charge in [-0.1, -0.05) is 23.8 Å². The van der Waals surface area contributed by atoms with Crippen molar-refractivity contribution in [3.63, 3.8) is 0 Å². The summed E-state index contributed by atoms with van der Waals surface area (Å²) in [6, 6.07) is 10.8. The molecule has 116 valence electrons. The minimum atomic E-state index is -0.862. The van der Waals surface area contributed by atoms with E-state index >= 15 is 0 Å². The number of carbonyl (C=O) groups is 1. The van der Waals surface area contributed by atoms with E-state index in [4.69, 9.17) is 0 Å². The zero-order chi connectivity index (χ0) is 16.2. The molecule has 0 fully saturated rings. The van der Waals surface area contributed by atoms with E-state index in [0.717, 1.165) is 28.1 Å². The quantitative estimate of drug-likeness (QED) is 0.851. The molecule has 0 saturated heterocycles. The summed E-state index contributed by atoms with van der Waals surface area (Å²) in [6.07, 6.45) is 0.445. The highest BCUT2D eigenvalue weighted by Crippen LogP contribution is 2.42. The van der Waals surface area contributed by atoms with Crippen LogP contribution in [0, 0.1) is 19.7 Å². The zero-order valence-electron chi connectivity index (χ0n) is 12.9. The lowest BCUT2D eigenvalue weighted by Gasteiger charge is -2.21. The van der Waals surface area contributed by atoms with Crippen LogP contribution in [0.25, 0.3) is 0 Å². The summed E-state index contributed by atoms with van der Waals surface area (Å²) >= 11 is 0. The Bertz CT molecular complexity index is 875. The van der Waals surface area contributed by atoms with Gasteiger partial charge in [0.05, 0.1) is 5.71 Å². The van der Waals surface area contributed by atoms with Crippen LogP contribution in [0.4, 0.5) is 10.1 Å². The van der Waals surface area contributed by atoms with Crippen molar-refractivity contribution in [3.05, 3.63) is 64.5 Å². The van der Waals surface area contributed by atoms with Crippen molar-refractivity contribution in [1.29, 1.82) is 0 Å². The Hall–Kier alpha value is -2.69. The number of hydrogen-bond acceptors (Lipinski definition) is 3. The first-order chi connectivity index (χ1) is 11.0. The van der Waals surface area contributed by atoms with Crippen LogP contribution in [-0.2, 0) is 10.3 Å². The van der Waals surface area contributed by atoms with E-state index in [2.05, 4.69) is 15.8 Å². The molecule has 5 heteroatoms. The number of amides is 1. The van der Waals surface area contributed by atoms with Gasteiger partial charge in [-0.05, 0) is 43.2 Å². The highest BCUT2D eigenvalue weighted by Gasteiger charge is 2.50. The maximum atomic E-state index is 13.5. The Labute approximate surface area is 133 Å². The van der Waals surface area contributed by atoms with Gasteiger partial charge in [0, 0.05) is 17.7 Å². The third kappa shape index (κ3) is 1.96. The highest BCUT2D eigenvalue weighted by atomic mass is 19.1. The average molecular weight is 309 g/mol. The normalized spacial score (nSPS) is 21.9. The number of hydrazone groups is 1. The van der Waals surface area contributed by atoms with E-state index in [9.17, 15) is 9.18 Å². The molecule has 0 unspecified atom stereocenters. The molecule has 0 aromatic heterocycles. The summed E-state index contributed by atoms with van der Waals surface area (Å²) in [5.74, 6) is -0.342. The van der Waals surface area contributed by atoms with Crippen LogP contribution in [0.15, 0.2) is 41.5 Å². The fourth-order valence-corrected chi connectivity index (χ4v) is 3.24. The van der Waals surface area contributed by atoms with Crippen LogP contribution >= 0.6 is 0 Å². The van der Waals surface area contributed by atoms with Gasteiger partial charge in [0.25, 0.3) is 5.91 Å². The van der Waals surface area contributed by atoms with Crippen LogP contribution in [-0.4, -0.2) is 11.6 Å². The Morgan fingerprint density at radius 1 is 1.17 bits per heavy atom. The molecule has 2 aliphatic heterocycles. The third-order valence-electron chi connectivity index (χ3n) is 4.58. The first-order valence-corrected chi connectivity index (χ1v) is 7.52. The third-order valence-corrected chi connectivity index (χ3v) is 4.58. The topological polar surface area (TPSA) is 53.5 Å². The van der Waals surface area contributed by atoms with Crippen LogP contribution in [0.3, 0.4) is 0 Å². The van der Waals surface area contributed by atoms with Crippen LogP contribution in [0.5, 0.6) is 0 Å². The van der Waals surface area contributed by atoms with Gasteiger partial charge in [-0.2, -0.15) is 5.10 Å². The Morgan fingerprint density at radius 3 is 2.78 bits per heavy atom. The maximum Gasteiger partial charge on any atom is 0.256 e. The van der Waals surface area contributed by atoms with E-state index in [1.54, 1.807) is 19.1 Å². The lowest BCUT2D eigenvalue weighted by molar-refractivity contribution is -0.121. The standard InChI is InChI=1S/C18H16FN3O/c1-10-3-6-15-13(7-10)18(17(23)20-15)9-16(21-22-18)12-4-5-14(19)11(2)8-12/h3-8,22H,9H2,1-2H3,(H,20,23)/t18-/m0/s1. The number of aryl methyl sites for hydroxylation is 2. The largest absolute Gasteiger partial charge is 0.323 e. The Balaban J connectivity index is 1.73. The molecule has 1 atom stereocenters. The van der Waals surface area contributed by atoms with E-state index in [1.807, 2.05) is 25.1 Å². The first kappa shape index (κ1) is 13.9. The minimum absolute atomic E-state index is 0.101. The Morgan fingerprint density at radius 2 is 2.00 bits per heavy atom. The summed E-state index contributed by atoms with van der Waals surface area (Å²) in [7, 11) is 0. The molecular formula is C18H16FN3O. The van der Waals surface area contributed by atoms with Gasteiger partial charge in [0.2, 0.25) is 0 Å². The SMILES string of the molecule is Cc1ccc2c(c1)[C@@]1(CC(c3ccc(F)c(C)c3)=NN1)C(=O)N2. The first-order valence-electron chi connectivity index (χ1n) is 7.52. The van der Waals surface area contributed by atoms with Gasteiger partial charge in [-0.15, -0.1) is 0 Å². The fraction of sp³-hybridized carbons (Fsp3) is 0.222. The smallest absolute Gasteiger partial charge is 0.256 e. The highest BCUT2D eigenvalue weighted by molar-refractivity contribution is 6.13. The fourth-order valence-electron chi connectivity index (χ4n) is 3.24. The summed E-state index contributed by atoms with van der Waals surface area (Å²) in [5, 5.41) is 7.29. The lowest BCUT2D eigenvalue weighted by Crippen LogP contribution is -2.42. The van der Waals surface area contributed by atoms with Gasteiger partial charge in [-0.25, -0.2) is 4.39 Å². The number of fused-ring (bicyclic) bond motifs is 2. The zero-order valence-corrected chi connectivity index (χ0v) is 12.9. The van der Waals surface area contributed by atoms with Crippen LogP contribution in [0.1, 0.15) is 28.7 Å². The van der Waals surface area contributed by atoms with E-state index in [1.165, 1.54) is 6.07 Å². The summed E-state index contributed by atoms with van der Waals surface area (Å²) in [4.78, 5) is 12.6. The predicted molar refractivity (Wildman–Crippen MR) is 86.9 cm³/mol. The molecule has 0 aliphatic carbocycles. The number of anilines is 1. The maximum absolute atomic E-state index is 13.5. The number of carbonyl (C=O) groups excluding carboxylic acids is 1. The van der Waals surface area contributed by atoms with E-state index in [0.29, 0.717) is 12.0 Å². The molecule has 2 heterocycles. The second kappa shape index (κ2) is 4.65. The van der Waals surface area contributed by atoms with Crippen molar-refractivity contribution in [2.24, 2.45) is 5.10 Å². The molecule has 2 aromatic rings. The van der Waals surface area contributed by atoms with E-state index in [-0.39, 0.29) is 11.7 Å². The van der Waals surface area contributed by atoms with Crippen LogP contribution < -0.4 is 10.7 Å². The summed E-state index contributed by atoms with van der Waals surface area (Å²) in [5.41, 5.74) is 7.16. The molecule has 2 aliphatic rings. The van der Waals surface area contributed by atoms with Gasteiger partial charge in [-0.3, -0.25) is 10.2 Å². The van der Waals surface area contributed by atoms with Crippen molar-refractivity contribution in [2.45, 2.75) is 25.8 Å². The number of halogens is 1.